The Morgan fingerprint density at radius 2 is 1.82 bits per heavy atom. The Hall–Kier alpha value is -4.53. The first kappa shape index (κ1) is 30.5. The van der Waals surface area contributed by atoms with Crippen LogP contribution in [-0.4, -0.2) is 99.8 Å². The van der Waals surface area contributed by atoms with Crippen LogP contribution in [0, 0.1) is 18.3 Å². The first-order valence-corrected chi connectivity index (χ1v) is 15.9. The lowest BCUT2D eigenvalue weighted by atomic mass is 9.86. The van der Waals surface area contributed by atoms with Crippen LogP contribution in [0.15, 0.2) is 55.1 Å². The van der Waals surface area contributed by atoms with Crippen LogP contribution in [0.3, 0.4) is 0 Å². The average Bonchev–Trinajstić information content (AvgIpc) is 3.49. The van der Waals surface area contributed by atoms with Crippen LogP contribution in [0.4, 0.5) is 5.82 Å². The number of aromatic nitrogens is 4. The van der Waals surface area contributed by atoms with E-state index in [4.69, 9.17) is 9.72 Å². The second-order valence-corrected chi connectivity index (χ2v) is 12.0. The van der Waals surface area contributed by atoms with E-state index >= 15 is 0 Å². The molecule has 0 aromatic carbocycles. The molecule has 2 saturated heterocycles. The Morgan fingerprint density at radius 3 is 2.49 bits per heavy atom. The van der Waals surface area contributed by atoms with Gasteiger partial charge in [0.2, 0.25) is 0 Å². The highest BCUT2D eigenvalue weighted by molar-refractivity contribution is 5.94. The summed E-state index contributed by atoms with van der Waals surface area (Å²) in [6, 6.07) is 12.1. The maximum Gasteiger partial charge on any atom is 0.270 e. The van der Waals surface area contributed by atoms with Crippen LogP contribution in [0.5, 0.6) is 5.75 Å². The van der Waals surface area contributed by atoms with Gasteiger partial charge < -0.3 is 19.9 Å². The number of pyridine rings is 3. The number of nitrogens with one attached hydrogen (secondary N) is 1. The molecule has 0 aliphatic carbocycles. The molecule has 4 aromatic rings. The molecule has 11 heteroatoms. The van der Waals surface area contributed by atoms with Crippen molar-refractivity contribution in [1.82, 2.24) is 34.7 Å². The van der Waals surface area contributed by atoms with Gasteiger partial charge in [-0.15, -0.1) is 0 Å². The predicted molar refractivity (Wildman–Crippen MR) is 173 cm³/mol. The SMILES string of the molecule is CCOc1cc(-c2ccc(N3CCC(CN4CCN(CC)CC4)(NC(=O)c4ncccc4C)CC3)nc2)c2c(C#N)cnn2c1. The first-order valence-electron chi connectivity index (χ1n) is 15.9. The van der Waals surface area contributed by atoms with Gasteiger partial charge in [-0.05, 0) is 63.1 Å². The molecule has 45 heavy (non-hydrogen) atoms. The minimum atomic E-state index is -0.354. The maximum atomic E-state index is 13.5. The summed E-state index contributed by atoms with van der Waals surface area (Å²) in [6.07, 6.45) is 8.52. The molecule has 6 heterocycles. The molecule has 4 aromatic heterocycles. The zero-order chi connectivity index (χ0) is 31.4. The number of carbonyl (C=O) groups excluding carboxylic acids is 1. The zero-order valence-corrected chi connectivity index (χ0v) is 26.4. The van der Waals surface area contributed by atoms with Crippen LogP contribution in [0.1, 0.15) is 48.3 Å². The number of likely N-dealkylation sites (N-methyl/N-ethyl adjacent to an activating group) is 1. The smallest absolute Gasteiger partial charge is 0.270 e. The van der Waals surface area contributed by atoms with Gasteiger partial charge in [0.05, 0.1) is 35.6 Å². The fourth-order valence-electron chi connectivity index (χ4n) is 6.58. The topological polar surface area (TPSA) is 115 Å². The third-order valence-electron chi connectivity index (χ3n) is 9.16. The standard InChI is InChI=1S/C34H41N9O2/c1-4-40-15-17-41(18-16-40)24-34(39-33(44)31-25(3)7-6-12-36-31)10-13-42(14-11-34)30-9-8-26(21-37-30)29-19-28(45-5-2)23-43-32(29)27(20-35)22-38-43/h6-9,12,19,21-23H,4-5,10-11,13-18,24H2,1-3H3,(H,39,44). The number of nitrogens with zero attached hydrogens (tertiary/aromatic N) is 8. The molecule has 234 valence electrons. The first-order chi connectivity index (χ1) is 21.9. The van der Waals surface area contributed by atoms with Crippen molar-refractivity contribution in [3.63, 3.8) is 0 Å². The average molecular weight is 608 g/mol. The van der Waals surface area contributed by atoms with Gasteiger partial charge in [-0.1, -0.05) is 13.0 Å². The van der Waals surface area contributed by atoms with E-state index in [9.17, 15) is 10.1 Å². The number of hydrogen-bond acceptors (Lipinski definition) is 9. The van der Waals surface area contributed by atoms with Crippen molar-refractivity contribution in [3.8, 4) is 22.9 Å². The minimum absolute atomic E-state index is 0.103. The zero-order valence-electron chi connectivity index (χ0n) is 26.4. The molecular formula is C34H41N9O2. The largest absolute Gasteiger partial charge is 0.492 e. The number of hydrogen-bond donors (Lipinski definition) is 1. The van der Waals surface area contributed by atoms with Gasteiger partial charge in [0, 0.05) is 69.3 Å². The fourth-order valence-corrected chi connectivity index (χ4v) is 6.58. The molecule has 0 unspecified atom stereocenters. The van der Waals surface area contributed by atoms with Crippen molar-refractivity contribution in [3.05, 3.63) is 71.9 Å². The van der Waals surface area contributed by atoms with E-state index in [2.05, 4.69) is 43.1 Å². The fraction of sp³-hybridized carbons (Fsp3) is 0.441. The molecule has 0 bridgehead atoms. The third-order valence-corrected chi connectivity index (χ3v) is 9.16. The normalized spacial score (nSPS) is 17.2. The van der Waals surface area contributed by atoms with Gasteiger partial charge in [0.25, 0.3) is 5.91 Å². The molecule has 1 N–H and O–H groups in total. The number of fused-ring (bicyclic) bond motifs is 1. The summed E-state index contributed by atoms with van der Waals surface area (Å²) in [7, 11) is 0. The Balaban J connectivity index is 1.21. The number of nitriles is 1. The lowest BCUT2D eigenvalue weighted by Gasteiger charge is -2.46. The Labute approximate surface area is 264 Å². The van der Waals surface area contributed by atoms with E-state index in [1.165, 1.54) is 0 Å². The molecule has 6 rings (SSSR count). The van der Waals surface area contributed by atoms with Gasteiger partial charge >= 0.3 is 0 Å². The van der Waals surface area contributed by atoms with Crippen molar-refractivity contribution < 1.29 is 9.53 Å². The Bertz CT molecular complexity index is 1680. The molecule has 0 spiro atoms. The summed E-state index contributed by atoms with van der Waals surface area (Å²) in [4.78, 5) is 30.1. The molecule has 0 atom stereocenters. The van der Waals surface area contributed by atoms with Crippen LogP contribution in [0.2, 0.25) is 0 Å². The number of anilines is 1. The molecule has 2 aliphatic heterocycles. The summed E-state index contributed by atoms with van der Waals surface area (Å²) in [5, 5.41) is 17.5. The monoisotopic (exact) mass is 607 g/mol. The molecule has 2 fully saturated rings. The van der Waals surface area contributed by atoms with E-state index in [0.717, 1.165) is 93.2 Å². The van der Waals surface area contributed by atoms with Gasteiger partial charge in [-0.3, -0.25) is 14.7 Å². The van der Waals surface area contributed by atoms with E-state index in [1.807, 2.05) is 50.4 Å². The van der Waals surface area contributed by atoms with Crippen LogP contribution in [0.25, 0.3) is 16.6 Å². The van der Waals surface area contributed by atoms with Crippen molar-refractivity contribution in [2.75, 3.05) is 63.9 Å². The van der Waals surface area contributed by atoms with Crippen molar-refractivity contribution in [1.29, 1.82) is 5.26 Å². The summed E-state index contributed by atoms with van der Waals surface area (Å²) < 4.78 is 7.47. The van der Waals surface area contributed by atoms with Gasteiger partial charge in [-0.25, -0.2) is 9.50 Å². The van der Waals surface area contributed by atoms with Crippen LogP contribution in [-0.2, 0) is 0 Å². The number of piperazine rings is 1. The van der Waals surface area contributed by atoms with Crippen molar-refractivity contribution in [2.24, 2.45) is 0 Å². The molecule has 0 saturated carbocycles. The predicted octanol–water partition coefficient (Wildman–Crippen LogP) is 3.78. The minimum Gasteiger partial charge on any atom is -0.492 e. The highest BCUT2D eigenvalue weighted by atomic mass is 16.5. The molecule has 2 aliphatic rings. The van der Waals surface area contributed by atoms with Gasteiger partial charge in [-0.2, -0.15) is 10.4 Å². The van der Waals surface area contributed by atoms with E-state index in [0.29, 0.717) is 23.6 Å². The van der Waals surface area contributed by atoms with E-state index in [-0.39, 0.29) is 11.4 Å². The third kappa shape index (κ3) is 6.48. The number of piperidine rings is 1. The lowest BCUT2D eigenvalue weighted by Crippen LogP contribution is -2.62. The Kier molecular flexibility index (Phi) is 8.96. The number of amides is 1. The summed E-state index contributed by atoms with van der Waals surface area (Å²) in [5.74, 6) is 1.47. The summed E-state index contributed by atoms with van der Waals surface area (Å²) in [5.41, 5.74) is 3.99. The van der Waals surface area contributed by atoms with Crippen LogP contribution >= 0.6 is 0 Å². The van der Waals surface area contributed by atoms with Crippen molar-refractivity contribution in [2.45, 2.75) is 39.2 Å². The second-order valence-electron chi connectivity index (χ2n) is 12.0. The molecule has 0 radical (unpaired) electrons. The highest BCUT2D eigenvalue weighted by Crippen LogP contribution is 2.33. The number of carbonyl (C=O) groups is 1. The molecule has 11 nitrogen and oxygen atoms in total. The molecule has 1 amide bonds. The number of ether oxygens (including phenoxy) is 1. The van der Waals surface area contributed by atoms with Crippen LogP contribution < -0.4 is 15.0 Å². The van der Waals surface area contributed by atoms with Gasteiger partial charge in [0.1, 0.15) is 23.3 Å². The van der Waals surface area contributed by atoms with Gasteiger partial charge in [0.15, 0.2) is 0 Å². The molecular weight excluding hydrogens is 566 g/mol. The highest BCUT2D eigenvalue weighted by Gasteiger charge is 2.39. The Morgan fingerprint density at radius 1 is 1.04 bits per heavy atom. The van der Waals surface area contributed by atoms with E-state index in [1.54, 1.807) is 23.1 Å². The maximum absolute atomic E-state index is 13.5. The summed E-state index contributed by atoms with van der Waals surface area (Å²) >= 11 is 0. The summed E-state index contributed by atoms with van der Waals surface area (Å²) in [6.45, 7) is 14.2. The van der Waals surface area contributed by atoms with Crippen molar-refractivity contribution >= 4 is 17.2 Å². The lowest BCUT2D eigenvalue weighted by molar-refractivity contribution is 0.0726. The second kappa shape index (κ2) is 13.2. The quantitative estimate of drug-likeness (QED) is 0.304. The number of rotatable bonds is 9. The number of aryl methyl sites for hydroxylation is 1. The van der Waals surface area contributed by atoms with E-state index < -0.39 is 0 Å².